The quantitative estimate of drug-likeness (QED) is 0.594. The minimum atomic E-state index is -0.242. The summed E-state index contributed by atoms with van der Waals surface area (Å²) in [7, 11) is 0. The highest BCUT2D eigenvalue weighted by molar-refractivity contribution is 5.90. The van der Waals surface area contributed by atoms with Crippen LogP contribution in [-0.2, 0) is 13.2 Å². The van der Waals surface area contributed by atoms with E-state index in [1.807, 2.05) is 66.2 Å². The molecule has 2 aromatic carbocycles. The summed E-state index contributed by atoms with van der Waals surface area (Å²) in [6, 6.07) is 15.4. The summed E-state index contributed by atoms with van der Waals surface area (Å²) in [6.45, 7) is 3.84. The molecule has 0 bridgehead atoms. The van der Waals surface area contributed by atoms with Crippen molar-refractivity contribution in [2.45, 2.75) is 26.5 Å². The van der Waals surface area contributed by atoms with E-state index in [0.29, 0.717) is 24.6 Å². The normalized spacial score (nSPS) is 10.4. The molecule has 0 fully saturated rings. The van der Waals surface area contributed by atoms with Crippen LogP contribution in [0.25, 0.3) is 0 Å². The number of nitrogens with one attached hydrogen (secondary N) is 2. The average Bonchev–Trinajstić information content (AvgIpc) is 3.20. The Morgan fingerprint density at radius 1 is 1.19 bits per heavy atom. The number of hydrogen-bond donors (Lipinski definition) is 2. The fraction of sp³-hybridized carbons (Fsp3) is 0.238. The zero-order valence-corrected chi connectivity index (χ0v) is 15.4. The largest absolute Gasteiger partial charge is 0.487 e. The number of carbonyl (C=O) groups is 1. The van der Waals surface area contributed by atoms with Crippen LogP contribution >= 0.6 is 0 Å². The van der Waals surface area contributed by atoms with Gasteiger partial charge in [0.1, 0.15) is 12.4 Å². The van der Waals surface area contributed by atoms with Gasteiger partial charge in [-0.1, -0.05) is 36.4 Å². The molecule has 0 spiro atoms. The Morgan fingerprint density at radius 3 is 2.81 bits per heavy atom. The summed E-state index contributed by atoms with van der Waals surface area (Å²) in [6.07, 6.45) is 6.25. The molecule has 0 unspecified atom stereocenters. The van der Waals surface area contributed by atoms with Gasteiger partial charge >= 0.3 is 6.03 Å². The predicted molar refractivity (Wildman–Crippen MR) is 106 cm³/mol. The minimum Gasteiger partial charge on any atom is -0.487 e. The molecule has 6 nitrogen and oxygen atoms in total. The van der Waals surface area contributed by atoms with Gasteiger partial charge in [-0.05, 0) is 36.6 Å². The molecule has 2 N–H and O–H groups in total. The third kappa shape index (κ3) is 5.88. The Bertz CT molecular complexity index is 848. The first kappa shape index (κ1) is 18.5. The molecule has 0 atom stereocenters. The lowest BCUT2D eigenvalue weighted by Crippen LogP contribution is -2.30. The second-order valence-electron chi connectivity index (χ2n) is 6.31. The van der Waals surface area contributed by atoms with Crippen LogP contribution in [0.3, 0.4) is 0 Å². The third-order valence-electron chi connectivity index (χ3n) is 4.06. The van der Waals surface area contributed by atoms with Crippen molar-refractivity contribution >= 4 is 11.7 Å². The number of ether oxygens (including phenoxy) is 1. The summed E-state index contributed by atoms with van der Waals surface area (Å²) in [5, 5.41) is 5.74. The predicted octanol–water partition coefficient (Wildman–Crippen LogP) is 3.98. The third-order valence-corrected chi connectivity index (χ3v) is 4.06. The van der Waals surface area contributed by atoms with Crippen LogP contribution in [-0.4, -0.2) is 22.1 Å². The first-order valence-electron chi connectivity index (χ1n) is 8.99. The number of imidazole rings is 1. The van der Waals surface area contributed by atoms with Crippen LogP contribution in [0.4, 0.5) is 10.5 Å². The van der Waals surface area contributed by atoms with E-state index in [4.69, 9.17) is 4.74 Å². The first-order valence-corrected chi connectivity index (χ1v) is 8.99. The van der Waals surface area contributed by atoms with Crippen molar-refractivity contribution in [2.75, 3.05) is 11.9 Å². The molecule has 1 aromatic heterocycles. The van der Waals surface area contributed by atoms with E-state index >= 15 is 0 Å². The number of anilines is 1. The maximum absolute atomic E-state index is 12.2. The molecule has 0 aliphatic rings. The molecular weight excluding hydrogens is 340 g/mol. The van der Waals surface area contributed by atoms with Crippen molar-refractivity contribution in [3.8, 4) is 5.75 Å². The summed E-state index contributed by atoms with van der Waals surface area (Å²) >= 11 is 0. The van der Waals surface area contributed by atoms with E-state index in [2.05, 4.69) is 15.6 Å². The van der Waals surface area contributed by atoms with Gasteiger partial charge in [0.05, 0.1) is 12.0 Å². The SMILES string of the molecule is Cc1ccc(NC(=O)NCCCn2ccnc2)c(OCc2ccccc2)c1. The summed E-state index contributed by atoms with van der Waals surface area (Å²) in [5.41, 5.74) is 2.81. The molecule has 0 saturated heterocycles. The van der Waals surface area contributed by atoms with Crippen molar-refractivity contribution in [3.05, 3.63) is 78.4 Å². The molecule has 27 heavy (non-hydrogen) atoms. The Kier molecular flexibility index (Phi) is 6.46. The molecule has 1 heterocycles. The highest BCUT2D eigenvalue weighted by Gasteiger charge is 2.08. The molecule has 3 rings (SSSR count). The smallest absolute Gasteiger partial charge is 0.319 e. The van der Waals surface area contributed by atoms with Crippen molar-refractivity contribution in [1.82, 2.24) is 14.9 Å². The Hall–Kier alpha value is -3.28. The van der Waals surface area contributed by atoms with Gasteiger partial charge in [-0.2, -0.15) is 0 Å². The molecule has 2 amide bonds. The van der Waals surface area contributed by atoms with E-state index in [-0.39, 0.29) is 6.03 Å². The van der Waals surface area contributed by atoms with E-state index < -0.39 is 0 Å². The first-order chi connectivity index (χ1) is 13.2. The van der Waals surface area contributed by atoms with Gasteiger partial charge in [-0.15, -0.1) is 0 Å². The summed E-state index contributed by atoms with van der Waals surface area (Å²) < 4.78 is 7.91. The fourth-order valence-electron chi connectivity index (χ4n) is 2.64. The van der Waals surface area contributed by atoms with Gasteiger partial charge in [0, 0.05) is 25.5 Å². The van der Waals surface area contributed by atoms with Crippen molar-refractivity contribution in [1.29, 1.82) is 0 Å². The number of hydrogen-bond acceptors (Lipinski definition) is 3. The van der Waals surface area contributed by atoms with Crippen LogP contribution in [0.2, 0.25) is 0 Å². The highest BCUT2D eigenvalue weighted by atomic mass is 16.5. The zero-order valence-electron chi connectivity index (χ0n) is 15.4. The molecule has 0 aliphatic heterocycles. The molecular formula is C21H24N4O2. The number of benzene rings is 2. The average molecular weight is 364 g/mol. The number of nitrogens with zero attached hydrogens (tertiary/aromatic N) is 2. The lowest BCUT2D eigenvalue weighted by Gasteiger charge is -2.14. The van der Waals surface area contributed by atoms with Crippen molar-refractivity contribution in [2.24, 2.45) is 0 Å². The molecule has 3 aromatic rings. The van der Waals surface area contributed by atoms with Gasteiger partial charge in [0.2, 0.25) is 0 Å². The zero-order chi connectivity index (χ0) is 18.9. The molecule has 0 aliphatic carbocycles. The van der Waals surface area contributed by atoms with E-state index in [0.717, 1.165) is 24.1 Å². The number of carbonyl (C=O) groups excluding carboxylic acids is 1. The Balaban J connectivity index is 1.51. The van der Waals surface area contributed by atoms with Crippen LogP contribution in [0.1, 0.15) is 17.5 Å². The van der Waals surface area contributed by atoms with Gasteiger partial charge in [-0.25, -0.2) is 9.78 Å². The maximum atomic E-state index is 12.2. The number of aryl methyl sites for hydroxylation is 2. The molecule has 140 valence electrons. The lowest BCUT2D eigenvalue weighted by atomic mass is 10.2. The van der Waals surface area contributed by atoms with E-state index in [9.17, 15) is 4.79 Å². The van der Waals surface area contributed by atoms with Crippen LogP contribution in [0.5, 0.6) is 5.75 Å². The Labute approximate surface area is 159 Å². The second kappa shape index (κ2) is 9.43. The van der Waals surface area contributed by atoms with Gasteiger partial charge in [0.25, 0.3) is 0 Å². The monoisotopic (exact) mass is 364 g/mol. The number of aromatic nitrogens is 2. The number of amides is 2. The summed E-state index contributed by atoms with van der Waals surface area (Å²) in [5.74, 6) is 0.660. The van der Waals surface area contributed by atoms with Crippen LogP contribution in [0, 0.1) is 6.92 Å². The second-order valence-corrected chi connectivity index (χ2v) is 6.31. The standard InChI is InChI=1S/C21H24N4O2/c1-17-8-9-19(20(14-17)27-15-18-6-3-2-4-7-18)24-21(26)23-10-5-12-25-13-11-22-16-25/h2-4,6-9,11,13-14,16H,5,10,12,15H2,1H3,(H2,23,24,26). The highest BCUT2D eigenvalue weighted by Crippen LogP contribution is 2.26. The topological polar surface area (TPSA) is 68.2 Å². The number of rotatable bonds is 8. The Morgan fingerprint density at radius 2 is 2.04 bits per heavy atom. The fourth-order valence-corrected chi connectivity index (χ4v) is 2.64. The minimum absolute atomic E-state index is 0.242. The molecule has 0 radical (unpaired) electrons. The van der Waals surface area contributed by atoms with Crippen LogP contribution in [0.15, 0.2) is 67.3 Å². The van der Waals surface area contributed by atoms with Crippen molar-refractivity contribution < 1.29 is 9.53 Å². The van der Waals surface area contributed by atoms with Gasteiger partial charge < -0.3 is 19.9 Å². The van der Waals surface area contributed by atoms with E-state index in [1.54, 1.807) is 12.5 Å². The van der Waals surface area contributed by atoms with Crippen molar-refractivity contribution in [3.63, 3.8) is 0 Å². The molecule has 0 saturated carbocycles. The molecule has 6 heteroatoms. The number of urea groups is 1. The summed E-state index contributed by atoms with van der Waals surface area (Å²) in [4.78, 5) is 16.2. The van der Waals surface area contributed by atoms with Crippen LogP contribution < -0.4 is 15.4 Å². The lowest BCUT2D eigenvalue weighted by molar-refractivity contribution is 0.251. The van der Waals surface area contributed by atoms with Gasteiger partial charge in [-0.3, -0.25) is 0 Å². The van der Waals surface area contributed by atoms with E-state index in [1.165, 1.54) is 0 Å². The van der Waals surface area contributed by atoms with Gasteiger partial charge in [0.15, 0.2) is 0 Å². The maximum Gasteiger partial charge on any atom is 0.319 e.